The minimum absolute atomic E-state index is 0.0522. The van der Waals surface area contributed by atoms with Gasteiger partial charge in [-0.3, -0.25) is 11.3 Å². The molecular weight excluding hydrogens is 231 g/mol. The van der Waals surface area contributed by atoms with E-state index in [9.17, 15) is 4.39 Å². The number of methoxy groups -OCH3 is 1. The third kappa shape index (κ3) is 4.27. The van der Waals surface area contributed by atoms with Crippen molar-refractivity contribution in [3.05, 3.63) is 29.6 Å². The number of hydrogen-bond acceptors (Lipinski definition) is 3. The second-order valence-electron chi connectivity index (χ2n) is 4.46. The molecule has 0 aliphatic rings. The molecule has 0 aliphatic carbocycles. The standard InChI is InChI=1S/C14H23FN2O/c1-3-4-5-6-7-13(17-16)11-8-9-12(15)14(10-11)18-2/h8-10,13,17H,3-7,16H2,1-2H3. The first-order valence-electron chi connectivity index (χ1n) is 6.52. The molecular formula is C14H23FN2O. The number of nitrogens with one attached hydrogen (secondary N) is 1. The van der Waals surface area contributed by atoms with E-state index in [1.54, 1.807) is 12.1 Å². The van der Waals surface area contributed by atoms with Crippen LogP contribution < -0.4 is 16.0 Å². The summed E-state index contributed by atoms with van der Waals surface area (Å²) in [5, 5.41) is 0. The van der Waals surface area contributed by atoms with Gasteiger partial charge in [0.2, 0.25) is 0 Å². The summed E-state index contributed by atoms with van der Waals surface area (Å²) in [6, 6.07) is 4.93. The van der Waals surface area contributed by atoms with Gasteiger partial charge in [-0.15, -0.1) is 0 Å². The van der Waals surface area contributed by atoms with Crippen molar-refractivity contribution in [3.8, 4) is 5.75 Å². The molecule has 102 valence electrons. The van der Waals surface area contributed by atoms with E-state index in [0.29, 0.717) is 0 Å². The molecule has 0 aromatic heterocycles. The number of nitrogens with two attached hydrogens (primary N) is 1. The Hall–Kier alpha value is -1.13. The largest absolute Gasteiger partial charge is 0.494 e. The van der Waals surface area contributed by atoms with E-state index >= 15 is 0 Å². The maximum Gasteiger partial charge on any atom is 0.165 e. The molecule has 1 atom stereocenters. The molecule has 0 saturated heterocycles. The van der Waals surface area contributed by atoms with Gasteiger partial charge in [0.1, 0.15) is 0 Å². The van der Waals surface area contributed by atoms with Crippen LogP contribution in [0.4, 0.5) is 4.39 Å². The number of unbranched alkanes of at least 4 members (excludes halogenated alkanes) is 3. The third-order valence-electron chi connectivity index (χ3n) is 3.13. The van der Waals surface area contributed by atoms with Gasteiger partial charge in [0.15, 0.2) is 11.6 Å². The number of halogens is 1. The number of benzene rings is 1. The molecule has 0 spiro atoms. The molecule has 1 unspecified atom stereocenters. The summed E-state index contributed by atoms with van der Waals surface area (Å²) in [6.45, 7) is 2.18. The van der Waals surface area contributed by atoms with Crippen LogP contribution in [-0.4, -0.2) is 7.11 Å². The molecule has 3 N–H and O–H groups in total. The van der Waals surface area contributed by atoms with Gasteiger partial charge in [-0.25, -0.2) is 4.39 Å². The Morgan fingerprint density at radius 2 is 2.11 bits per heavy atom. The zero-order chi connectivity index (χ0) is 13.4. The molecule has 4 heteroatoms. The molecule has 1 aromatic rings. The van der Waals surface area contributed by atoms with Gasteiger partial charge in [0.25, 0.3) is 0 Å². The quantitative estimate of drug-likeness (QED) is 0.425. The Morgan fingerprint density at radius 3 is 2.72 bits per heavy atom. The van der Waals surface area contributed by atoms with E-state index in [4.69, 9.17) is 10.6 Å². The predicted molar refractivity (Wildman–Crippen MR) is 71.8 cm³/mol. The first kappa shape index (κ1) is 14.9. The number of hydrazine groups is 1. The van der Waals surface area contributed by atoms with Crippen molar-refractivity contribution in [1.82, 2.24) is 5.43 Å². The van der Waals surface area contributed by atoms with Crippen LogP contribution in [0.5, 0.6) is 5.75 Å². The highest BCUT2D eigenvalue weighted by Gasteiger charge is 2.12. The van der Waals surface area contributed by atoms with E-state index in [-0.39, 0.29) is 17.6 Å². The van der Waals surface area contributed by atoms with Crippen molar-refractivity contribution in [2.45, 2.75) is 45.1 Å². The first-order chi connectivity index (χ1) is 8.72. The van der Waals surface area contributed by atoms with Crippen LogP contribution in [-0.2, 0) is 0 Å². The van der Waals surface area contributed by atoms with Crippen molar-refractivity contribution < 1.29 is 9.13 Å². The second kappa shape index (κ2) is 8.06. The van der Waals surface area contributed by atoms with Gasteiger partial charge < -0.3 is 4.74 Å². The number of ether oxygens (including phenoxy) is 1. The maximum absolute atomic E-state index is 13.3. The normalized spacial score (nSPS) is 12.4. The molecule has 1 aromatic carbocycles. The van der Waals surface area contributed by atoms with Crippen molar-refractivity contribution in [3.63, 3.8) is 0 Å². The highest BCUT2D eigenvalue weighted by molar-refractivity contribution is 5.32. The highest BCUT2D eigenvalue weighted by atomic mass is 19.1. The summed E-state index contributed by atoms with van der Waals surface area (Å²) >= 11 is 0. The Labute approximate surface area is 108 Å². The highest BCUT2D eigenvalue weighted by Crippen LogP contribution is 2.25. The lowest BCUT2D eigenvalue weighted by Gasteiger charge is -2.17. The second-order valence-corrected chi connectivity index (χ2v) is 4.46. The fourth-order valence-electron chi connectivity index (χ4n) is 2.01. The Balaban J connectivity index is 2.63. The molecule has 0 radical (unpaired) electrons. The van der Waals surface area contributed by atoms with Gasteiger partial charge in [-0.05, 0) is 24.1 Å². The van der Waals surface area contributed by atoms with E-state index in [1.165, 1.54) is 32.4 Å². The Bertz CT molecular complexity index is 358. The van der Waals surface area contributed by atoms with Crippen LogP contribution in [0.2, 0.25) is 0 Å². The number of hydrogen-bond donors (Lipinski definition) is 2. The van der Waals surface area contributed by atoms with Gasteiger partial charge >= 0.3 is 0 Å². The molecule has 3 nitrogen and oxygen atoms in total. The van der Waals surface area contributed by atoms with Gasteiger partial charge in [-0.1, -0.05) is 38.7 Å². The molecule has 0 amide bonds. The molecule has 0 heterocycles. The zero-order valence-electron chi connectivity index (χ0n) is 11.2. The van der Waals surface area contributed by atoms with Crippen molar-refractivity contribution in [2.75, 3.05) is 7.11 Å². The van der Waals surface area contributed by atoms with E-state index in [2.05, 4.69) is 12.3 Å². The summed E-state index contributed by atoms with van der Waals surface area (Å²) < 4.78 is 18.3. The fourth-order valence-corrected chi connectivity index (χ4v) is 2.01. The average molecular weight is 254 g/mol. The lowest BCUT2D eigenvalue weighted by atomic mass is 10.0. The molecule has 18 heavy (non-hydrogen) atoms. The van der Waals surface area contributed by atoms with E-state index in [0.717, 1.165) is 18.4 Å². The van der Waals surface area contributed by atoms with Crippen LogP contribution in [0.25, 0.3) is 0 Å². The molecule has 0 fully saturated rings. The molecule has 0 saturated carbocycles. The smallest absolute Gasteiger partial charge is 0.165 e. The fraction of sp³-hybridized carbons (Fsp3) is 0.571. The van der Waals surface area contributed by atoms with Crippen molar-refractivity contribution in [2.24, 2.45) is 5.84 Å². The lowest BCUT2D eigenvalue weighted by molar-refractivity contribution is 0.384. The third-order valence-corrected chi connectivity index (χ3v) is 3.13. The van der Waals surface area contributed by atoms with Crippen LogP contribution in [0, 0.1) is 5.82 Å². The van der Waals surface area contributed by atoms with Crippen LogP contribution in [0.15, 0.2) is 18.2 Å². The van der Waals surface area contributed by atoms with Crippen LogP contribution >= 0.6 is 0 Å². The van der Waals surface area contributed by atoms with Crippen LogP contribution in [0.1, 0.15) is 50.6 Å². The van der Waals surface area contributed by atoms with Gasteiger partial charge in [0.05, 0.1) is 7.11 Å². The van der Waals surface area contributed by atoms with E-state index in [1.807, 2.05) is 0 Å². The van der Waals surface area contributed by atoms with Crippen LogP contribution in [0.3, 0.4) is 0 Å². The molecule has 0 aliphatic heterocycles. The zero-order valence-corrected chi connectivity index (χ0v) is 11.2. The molecule has 1 rings (SSSR count). The average Bonchev–Trinajstić information content (AvgIpc) is 2.40. The van der Waals surface area contributed by atoms with Gasteiger partial charge in [-0.2, -0.15) is 0 Å². The van der Waals surface area contributed by atoms with Crippen molar-refractivity contribution >= 4 is 0 Å². The monoisotopic (exact) mass is 254 g/mol. The predicted octanol–water partition coefficient (Wildman–Crippen LogP) is 3.31. The molecule has 0 bridgehead atoms. The SMILES string of the molecule is CCCCCCC(NN)c1ccc(F)c(OC)c1. The maximum atomic E-state index is 13.3. The summed E-state index contributed by atoms with van der Waals surface area (Å²) in [5.74, 6) is 5.49. The summed E-state index contributed by atoms with van der Waals surface area (Å²) in [5.41, 5.74) is 3.75. The first-order valence-corrected chi connectivity index (χ1v) is 6.52. The topological polar surface area (TPSA) is 47.3 Å². The minimum Gasteiger partial charge on any atom is -0.494 e. The summed E-state index contributed by atoms with van der Waals surface area (Å²) in [4.78, 5) is 0. The van der Waals surface area contributed by atoms with E-state index < -0.39 is 0 Å². The Morgan fingerprint density at radius 1 is 1.33 bits per heavy atom. The lowest BCUT2D eigenvalue weighted by Crippen LogP contribution is -2.28. The summed E-state index contributed by atoms with van der Waals surface area (Å²) in [7, 11) is 1.47. The Kier molecular flexibility index (Phi) is 6.68. The minimum atomic E-state index is -0.344. The number of rotatable bonds is 8. The van der Waals surface area contributed by atoms with Gasteiger partial charge in [0, 0.05) is 6.04 Å². The summed E-state index contributed by atoms with van der Waals surface area (Å²) in [6.07, 6.45) is 5.72. The van der Waals surface area contributed by atoms with Crippen molar-refractivity contribution in [1.29, 1.82) is 0 Å².